The van der Waals surface area contributed by atoms with Crippen LogP contribution in [0.2, 0.25) is 0 Å². The minimum absolute atomic E-state index is 0.761. The first-order valence-corrected chi connectivity index (χ1v) is 5.51. The summed E-state index contributed by atoms with van der Waals surface area (Å²) in [7, 11) is -0.0480. The fourth-order valence-corrected chi connectivity index (χ4v) is 2.52. The minimum atomic E-state index is -1.80. The van der Waals surface area contributed by atoms with Crippen molar-refractivity contribution in [3.05, 3.63) is 0 Å². The summed E-state index contributed by atoms with van der Waals surface area (Å²) in [6.45, 7) is 4.05. The maximum atomic E-state index is 11.6. The zero-order chi connectivity index (χ0) is 8.04. The van der Waals surface area contributed by atoms with Crippen LogP contribution < -0.4 is 4.72 Å². The van der Waals surface area contributed by atoms with E-state index in [1.54, 1.807) is 7.05 Å². The second kappa shape index (κ2) is 4.74. The Morgan fingerprint density at radius 2 is 2.10 bits per heavy atom. The normalized spacial score (nSPS) is 16.3. The molecule has 1 unspecified atom stereocenters. The molecule has 3 heteroatoms. The van der Waals surface area contributed by atoms with Gasteiger partial charge in [0, 0.05) is 15.5 Å². The van der Waals surface area contributed by atoms with Crippen molar-refractivity contribution in [2.45, 2.75) is 26.7 Å². The molecule has 2 nitrogen and oxygen atoms in total. The molecule has 0 spiro atoms. The van der Waals surface area contributed by atoms with E-state index in [2.05, 4.69) is 4.72 Å². The molecule has 0 aliphatic carbocycles. The Hall–Kier alpha value is -0.0200. The van der Waals surface area contributed by atoms with Gasteiger partial charge in [-0.3, -0.25) is 4.21 Å². The predicted octanol–water partition coefficient (Wildman–Crippen LogP) is 1.03. The Labute approximate surface area is 64.2 Å². The maximum Gasteiger partial charge on any atom is 0.0289 e. The molecule has 0 aromatic rings. The lowest BCUT2D eigenvalue weighted by atomic mass is 10.6. The highest BCUT2D eigenvalue weighted by molar-refractivity contribution is 7.99. The number of rotatable bonds is 4. The van der Waals surface area contributed by atoms with Crippen LogP contribution in [0.3, 0.4) is 0 Å². The Balaban J connectivity index is 4.24. The number of hydrogen-bond acceptors (Lipinski definition) is 1. The molecule has 0 aromatic heterocycles. The first-order chi connectivity index (χ1) is 4.68. The van der Waals surface area contributed by atoms with E-state index in [9.17, 15) is 4.21 Å². The summed E-state index contributed by atoms with van der Waals surface area (Å²) in [6.07, 6.45) is 1.84. The standard InChI is InChI=1S/C7H17NOS/c1-4-6-10(9,8-3)7-5-2/h6H,4-5,7H2,1-3H3,(H,8,9). The summed E-state index contributed by atoms with van der Waals surface area (Å²) in [5.74, 6) is 0.761. The van der Waals surface area contributed by atoms with Gasteiger partial charge in [0.2, 0.25) is 0 Å². The summed E-state index contributed by atoms with van der Waals surface area (Å²) in [5.41, 5.74) is 0. The quantitative estimate of drug-likeness (QED) is 0.616. The highest BCUT2D eigenvalue weighted by atomic mass is 32.2. The highest BCUT2D eigenvalue weighted by Crippen LogP contribution is 1.89. The second-order valence-electron chi connectivity index (χ2n) is 2.21. The SMILES string of the molecule is CCC=S(=O)(CCC)NC. The van der Waals surface area contributed by atoms with Crippen molar-refractivity contribution in [1.82, 2.24) is 4.72 Å². The van der Waals surface area contributed by atoms with Crippen LogP contribution in [0.15, 0.2) is 0 Å². The van der Waals surface area contributed by atoms with Gasteiger partial charge in [-0.25, -0.2) is 4.72 Å². The van der Waals surface area contributed by atoms with E-state index in [1.807, 2.05) is 19.2 Å². The summed E-state index contributed by atoms with van der Waals surface area (Å²) < 4.78 is 14.4. The van der Waals surface area contributed by atoms with E-state index in [4.69, 9.17) is 0 Å². The zero-order valence-corrected chi connectivity index (χ0v) is 7.83. The molecule has 10 heavy (non-hydrogen) atoms. The van der Waals surface area contributed by atoms with Gasteiger partial charge in [0.1, 0.15) is 0 Å². The Morgan fingerprint density at radius 3 is 2.40 bits per heavy atom. The second-order valence-corrected chi connectivity index (χ2v) is 4.81. The van der Waals surface area contributed by atoms with Gasteiger partial charge in [-0.05, 0) is 25.3 Å². The maximum absolute atomic E-state index is 11.6. The molecule has 0 rings (SSSR count). The molecule has 0 amide bonds. The monoisotopic (exact) mass is 163 g/mol. The average molecular weight is 163 g/mol. The first-order valence-electron chi connectivity index (χ1n) is 3.72. The Morgan fingerprint density at radius 1 is 1.50 bits per heavy atom. The molecule has 0 aliphatic heterocycles. The smallest absolute Gasteiger partial charge is 0.0289 e. The molecule has 0 aromatic carbocycles. The number of hydrogen-bond donors (Lipinski definition) is 1. The van der Waals surface area contributed by atoms with Crippen LogP contribution in [-0.4, -0.2) is 22.4 Å². The van der Waals surface area contributed by atoms with Crippen molar-refractivity contribution in [3.8, 4) is 0 Å². The van der Waals surface area contributed by atoms with Crippen LogP contribution >= 0.6 is 0 Å². The van der Waals surface area contributed by atoms with Crippen LogP contribution in [-0.2, 0) is 9.71 Å². The van der Waals surface area contributed by atoms with Crippen molar-refractivity contribution in [3.63, 3.8) is 0 Å². The van der Waals surface area contributed by atoms with Crippen molar-refractivity contribution in [2.24, 2.45) is 0 Å². The molecular formula is C7H17NOS. The molecule has 0 aliphatic rings. The zero-order valence-electron chi connectivity index (χ0n) is 7.02. The molecule has 0 fully saturated rings. The molecule has 1 atom stereocenters. The van der Waals surface area contributed by atoms with E-state index >= 15 is 0 Å². The van der Waals surface area contributed by atoms with Gasteiger partial charge < -0.3 is 0 Å². The lowest BCUT2D eigenvalue weighted by molar-refractivity contribution is 0.674. The van der Waals surface area contributed by atoms with Gasteiger partial charge in [0.05, 0.1) is 0 Å². The van der Waals surface area contributed by atoms with E-state index in [0.29, 0.717) is 0 Å². The van der Waals surface area contributed by atoms with E-state index in [-0.39, 0.29) is 0 Å². The average Bonchev–Trinajstić information content (AvgIpc) is 1.89. The number of nitrogens with one attached hydrogen (secondary N) is 1. The Bertz CT molecular complexity index is 180. The topological polar surface area (TPSA) is 29.1 Å². The van der Waals surface area contributed by atoms with Gasteiger partial charge in [0.25, 0.3) is 0 Å². The molecule has 62 valence electrons. The minimum Gasteiger partial charge on any atom is -0.253 e. The third-order valence-electron chi connectivity index (χ3n) is 1.29. The third kappa shape index (κ3) is 3.22. The third-order valence-corrected chi connectivity index (χ3v) is 3.87. The van der Waals surface area contributed by atoms with Gasteiger partial charge in [0.15, 0.2) is 0 Å². The van der Waals surface area contributed by atoms with Crippen molar-refractivity contribution in [2.75, 3.05) is 12.8 Å². The van der Waals surface area contributed by atoms with Gasteiger partial charge in [-0.15, -0.1) is 0 Å². The van der Waals surface area contributed by atoms with Gasteiger partial charge >= 0.3 is 0 Å². The van der Waals surface area contributed by atoms with Crippen LogP contribution in [0.4, 0.5) is 0 Å². The van der Waals surface area contributed by atoms with Crippen molar-refractivity contribution in [1.29, 1.82) is 0 Å². The van der Waals surface area contributed by atoms with E-state index in [0.717, 1.165) is 18.6 Å². The first kappa shape index (κ1) is 9.98. The van der Waals surface area contributed by atoms with Crippen LogP contribution in [0, 0.1) is 0 Å². The molecule has 0 radical (unpaired) electrons. The van der Waals surface area contributed by atoms with Crippen LogP contribution in [0.1, 0.15) is 26.7 Å². The molecule has 1 N–H and O–H groups in total. The van der Waals surface area contributed by atoms with Gasteiger partial charge in [-0.1, -0.05) is 13.8 Å². The lowest BCUT2D eigenvalue weighted by Crippen LogP contribution is -2.23. The molecule has 0 saturated carbocycles. The van der Waals surface area contributed by atoms with E-state index in [1.165, 1.54) is 0 Å². The molecule has 0 bridgehead atoms. The van der Waals surface area contributed by atoms with Crippen molar-refractivity contribution < 1.29 is 4.21 Å². The molecule has 0 heterocycles. The summed E-state index contributed by atoms with van der Waals surface area (Å²) >= 11 is 0. The lowest BCUT2D eigenvalue weighted by Gasteiger charge is -2.06. The van der Waals surface area contributed by atoms with Gasteiger partial charge in [-0.2, -0.15) is 0 Å². The fourth-order valence-electron chi connectivity index (χ4n) is 0.841. The fraction of sp³-hybridized carbons (Fsp3) is 0.857. The Kier molecular flexibility index (Phi) is 4.73. The summed E-state index contributed by atoms with van der Waals surface area (Å²) in [5, 5.41) is 1.87. The van der Waals surface area contributed by atoms with Crippen LogP contribution in [0.5, 0.6) is 0 Å². The predicted molar refractivity (Wildman–Crippen MR) is 48.7 cm³/mol. The van der Waals surface area contributed by atoms with Crippen molar-refractivity contribution >= 4 is 15.1 Å². The summed E-state index contributed by atoms with van der Waals surface area (Å²) in [6, 6.07) is 0. The summed E-state index contributed by atoms with van der Waals surface area (Å²) in [4.78, 5) is 0. The van der Waals surface area contributed by atoms with E-state index < -0.39 is 9.71 Å². The largest absolute Gasteiger partial charge is 0.253 e. The molecule has 0 saturated heterocycles. The highest BCUT2D eigenvalue weighted by Gasteiger charge is 1.98. The molecular weight excluding hydrogens is 146 g/mol. The van der Waals surface area contributed by atoms with Crippen LogP contribution in [0.25, 0.3) is 0 Å².